The molecule has 0 atom stereocenters. The van der Waals surface area contributed by atoms with Gasteiger partial charge in [-0.1, -0.05) is 23.8 Å². The summed E-state index contributed by atoms with van der Waals surface area (Å²) >= 11 is 0. The Kier molecular flexibility index (Phi) is 2.95. The summed E-state index contributed by atoms with van der Waals surface area (Å²) in [6, 6.07) is 9.12. The van der Waals surface area contributed by atoms with Crippen molar-refractivity contribution in [1.82, 2.24) is 9.55 Å². The highest BCUT2D eigenvalue weighted by Gasteiger charge is 2.04. The topological polar surface area (TPSA) is 54.9 Å². The Bertz CT molecular complexity index is 622. The quantitative estimate of drug-likeness (QED) is 0.850. The Morgan fingerprint density at radius 1 is 1.24 bits per heavy atom. The first-order valence-corrected chi connectivity index (χ1v) is 5.53. The number of aromatic nitrogens is 2. The van der Waals surface area contributed by atoms with Gasteiger partial charge in [-0.15, -0.1) is 0 Å². The predicted octanol–water partition coefficient (Wildman–Crippen LogP) is 1.53. The molecule has 2 rings (SSSR count). The number of nitrogens with zero attached hydrogens (tertiary/aromatic N) is 1. The third-order valence-electron chi connectivity index (χ3n) is 2.67. The molecule has 17 heavy (non-hydrogen) atoms. The number of H-pyrrole nitrogens is 1. The average molecular weight is 230 g/mol. The van der Waals surface area contributed by atoms with Crippen LogP contribution in [0, 0.1) is 6.92 Å². The molecule has 0 aliphatic rings. The summed E-state index contributed by atoms with van der Waals surface area (Å²) < 4.78 is 1.17. The van der Waals surface area contributed by atoms with Crippen LogP contribution in [0.5, 0.6) is 0 Å². The van der Waals surface area contributed by atoms with E-state index in [0.717, 1.165) is 11.1 Å². The molecule has 1 aromatic heterocycles. The van der Waals surface area contributed by atoms with E-state index in [0.29, 0.717) is 12.2 Å². The Labute approximate surface area is 98.6 Å². The summed E-state index contributed by atoms with van der Waals surface area (Å²) in [6.07, 6.45) is 0. The van der Waals surface area contributed by atoms with Gasteiger partial charge in [-0.2, -0.15) is 0 Å². The van der Waals surface area contributed by atoms with Crippen LogP contribution in [0.4, 0.5) is 0 Å². The van der Waals surface area contributed by atoms with Crippen molar-refractivity contribution in [3.63, 3.8) is 0 Å². The van der Waals surface area contributed by atoms with E-state index in [1.807, 2.05) is 31.2 Å². The monoisotopic (exact) mass is 230 g/mol. The zero-order valence-corrected chi connectivity index (χ0v) is 9.86. The van der Waals surface area contributed by atoms with Gasteiger partial charge in [0.25, 0.3) is 5.56 Å². The normalized spacial score (nSPS) is 10.5. The van der Waals surface area contributed by atoms with E-state index in [9.17, 15) is 9.59 Å². The molecule has 4 nitrogen and oxygen atoms in total. The Morgan fingerprint density at radius 2 is 2.00 bits per heavy atom. The van der Waals surface area contributed by atoms with Gasteiger partial charge >= 0.3 is 5.69 Å². The van der Waals surface area contributed by atoms with E-state index < -0.39 is 0 Å². The first-order valence-electron chi connectivity index (χ1n) is 5.53. The van der Waals surface area contributed by atoms with Crippen LogP contribution in [-0.2, 0) is 6.54 Å². The molecule has 0 amide bonds. The van der Waals surface area contributed by atoms with E-state index in [4.69, 9.17) is 0 Å². The minimum atomic E-state index is -0.364. The second-order valence-corrected chi connectivity index (χ2v) is 3.94. The standard InChI is InChI=1S/C13H14N2O2/c1-3-15-12(16)8-11(14-13(15)17)10-6-4-5-9(2)7-10/h4-8H,3H2,1-2H3,(H,14,17). The van der Waals surface area contributed by atoms with Crippen LogP contribution in [0.25, 0.3) is 11.3 Å². The van der Waals surface area contributed by atoms with Gasteiger partial charge in [-0.05, 0) is 25.5 Å². The summed E-state index contributed by atoms with van der Waals surface area (Å²) in [6.45, 7) is 4.11. The average Bonchev–Trinajstić information content (AvgIpc) is 2.28. The van der Waals surface area contributed by atoms with Crippen LogP contribution < -0.4 is 11.2 Å². The highest BCUT2D eigenvalue weighted by Crippen LogP contribution is 2.15. The SMILES string of the molecule is CCn1c(=O)cc(-c2cccc(C)c2)[nH]c1=O. The minimum Gasteiger partial charge on any atom is -0.307 e. The predicted molar refractivity (Wildman–Crippen MR) is 67.2 cm³/mol. The molecule has 1 aromatic carbocycles. The second-order valence-electron chi connectivity index (χ2n) is 3.94. The van der Waals surface area contributed by atoms with Gasteiger partial charge in [0, 0.05) is 12.6 Å². The van der Waals surface area contributed by atoms with Crippen molar-refractivity contribution in [2.24, 2.45) is 0 Å². The van der Waals surface area contributed by atoms with Crippen molar-refractivity contribution in [3.8, 4) is 11.3 Å². The lowest BCUT2D eigenvalue weighted by molar-refractivity contribution is 0.674. The zero-order valence-electron chi connectivity index (χ0n) is 9.86. The molecule has 0 aliphatic heterocycles. The molecule has 0 unspecified atom stereocenters. The number of benzene rings is 1. The molecule has 0 bridgehead atoms. The number of aromatic amines is 1. The smallest absolute Gasteiger partial charge is 0.307 e. The third-order valence-corrected chi connectivity index (χ3v) is 2.67. The summed E-state index contributed by atoms with van der Waals surface area (Å²) in [4.78, 5) is 26.1. The van der Waals surface area contributed by atoms with Crippen molar-refractivity contribution in [3.05, 3.63) is 56.7 Å². The lowest BCUT2D eigenvalue weighted by atomic mass is 10.1. The van der Waals surface area contributed by atoms with Crippen molar-refractivity contribution >= 4 is 0 Å². The van der Waals surface area contributed by atoms with Crippen LogP contribution >= 0.6 is 0 Å². The minimum absolute atomic E-state index is 0.271. The van der Waals surface area contributed by atoms with Crippen molar-refractivity contribution in [1.29, 1.82) is 0 Å². The number of aryl methyl sites for hydroxylation is 1. The number of nitrogens with one attached hydrogen (secondary N) is 1. The lowest BCUT2D eigenvalue weighted by Gasteiger charge is -2.05. The van der Waals surface area contributed by atoms with Crippen LogP contribution in [0.3, 0.4) is 0 Å². The Balaban J connectivity index is 2.63. The van der Waals surface area contributed by atoms with Gasteiger partial charge in [0.1, 0.15) is 0 Å². The van der Waals surface area contributed by atoms with Crippen LogP contribution in [0.2, 0.25) is 0 Å². The molecule has 88 valence electrons. The summed E-state index contributed by atoms with van der Waals surface area (Å²) in [5, 5.41) is 0. The molecule has 4 heteroatoms. The molecule has 0 fully saturated rings. The molecular formula is C13H14N2O2. The maximum absolute atomic E-state index is 11.7. The third kappa shape index (κ3) is 2.20. The fourth-order valence-corrected chi connectivity index (χ4v) is 1.79. The second kappa shape index (κ2) is 4.41. The summed E-state index contributed by atoms with van der Waals surface area (Å²) in [7, 11) is 0. The molecule has 0 saturated carbocycles. The van der Waals surface area contributed by atoms with Crippen LogP contribution in [0.15, 0.2) is 39.9 Å². The van der Waals surface area contributed by atoms with E-state index in [-0.39, 0.29) is 11.2 Å². The molecule has 0 aliphatic carbocycles. The van der Waals surface area contributed by atoms with Gasteiger partial charge in [-0.3, -0.25) is 9.36 Å². The van der Waals surface area contributed by atoms with Crippen molar-refractivity contribution in [2.45, 2.75) is 20.4 Å². The molecule has 2 aromatic rings. The van der Waals surface area contributed by atoms with Gasteiger partial charge in [0.05, 0.1) is 5.69 Å². The van der Waals surface area contributed by atoms with Gasteiger partial charge in [0.2, 0.25) is 0 Å². The number of hydrogen-bond donors (Lipinski definition) is 1. The lowest BCUT2D eigenvalue weighted by Crippen LogP contribution is -2.34. The molecule has 1 heterocycles. The van der Waals surface area contributed by atoms with E-state index in [1.165, 1.54) is 10.6 Å². The molecular weight excluding hydrogens is 216 g/mol. The summed E-state index contributed by atoms with van der Waals surface area (Å²) in [5.41, 5.74) is 1.86. The fraction of sp³-hybridized carbons (Fsp3) is 0.231. The van der Waals surface area contributed by atoms with Gasteiger partial charge < -0.3 is 4.98 Å². The number of hydrogen-bond acceptors (Lipinski definition) is 2. The van der Waals surface area contributed by atoms with E-state index >= 15 is 0 Å². The number of rotatable bonds is 2. The first-order chi connectivity index (χ1) is 8.11. The van der Waals surface area contributed by atoms with E-state index in [2.05, 4.69) is 4.98 Å². The Hall–Kier alpha value is -2.10. The van der Waals surface area contributed by atoms with Gasteiger partial charge in [0.15, 0.2) is 0 Å². The molecule has 0 spiro atoms. The van der Waals surface area contributed by atoms with Crippen molar-refractivity contribution < 1.29 is 0 Å². The molecule has 0 radical (unpaired) electrons. The van der Waals surface area contributed by atoms with E-state index in [1.54, 1.807) is 6.92 Å². The van der Waals surface area contributed by atoms with Gasteiger partial charge in [-0.25, -0.2) is 4.79 Å². The molecule has 1 N–H and O–H groups in total. The van der Waals surface area contributed by atoms with Crippen molar-refractivity contribution in [2.75, 3.05) is 0 Å². The maximum atomic E-state index is 11.7. The van der Waals surface area contributed by atoms with Crippen LogP contribution in [0.1, 0.15) is 12.5 Å². The highest BCUT2D eigenvalue weighted by molar-refractivity contribution is 5.59. The highest BCUT2D eigenvalue weighted by atomic mass is 16.2. The fourth-order valence-electron chi connectivity index (χ4n) is 1.79. The largest absolute Gasteiger partial charge is 0.328 e. The molecule has 0 saturated heterocycles. The summed E-state index contributed by atoms with van der Waals surface area (Å²) in [5.74, 6) is 0. The zero-order chi connectivity index (χ0) is 12.4. The Morgan fingerprint density at radius 3 is 2.59 bits per heavy atom. The maximum Gasteiger partial charge on any atom is 0.328 e. The first kappa shape index (κ1) is 11.4. The van der Waals surface area contributed by atoms with Crippen LogP contribution in [-0.4, -0.2) is 9.55 Å².